The molecule has 0 spiro atoms. The van der Waals surface area contributed by atoms with Gasteiger partial charge in [-0.2, -0.15) is 0 Å². The van der Waals surface area contributed by atoms with E-state index in [0.717, 1.165) is 37.4 Å². The minimum absolute atomic E-state index is 0.0849. The van der Waals surface area contributed by atoms with Crippen LogP contribution in [0.4, 0.5) is 4.39 Å². The van der Waals surface area contributed by atoms with Gasteiger partial charge in [0, 0.05) is 37.6 Å². The zero-order valence-electron chi connectivity index (χ0n) is 12.4. The van der Waals surface area contributed by atoms with E-state index in [1.165, 1.54) is 12.1 Å². The van der Waals surface area contributed by atoms with Crippen LogP contribution in [0, 0.1) is 5.82 Å². The maximum Gasteiger partial charge on any atom is 0.123 e. The number of rotatable bonds is 4. The molecule has 2 aromatic rings. The average Bonchev–Trinajstić information content (AvgIpc) is 2.58. The molecule has 1 saturated heterocycles. The lowest BCUT2D eigenvalue weighted by molar-refractivity contribution is -0.0261. The van der Waals surface area contributed by atoms with Gasteiger partial charge in [0.15, 0.2) is 0 Å². The summed E-state index contributed by atoms with van der Waals surface area (Å²) in [7, 11) is 0. The number of halogens is 1. The van der Waals surface area contributed by atoms with Gasteiger partial charge in [0.25, 0.3) is 0 Å². The van der Waals surface area contributed by atoms with Crippen LogP contribution in [-0.2, 0) is 4.74 Å². The van der Waals surface area contributed by atoms with Crippen LogP contribution < -0.4 is 0 Å². The highest BCUT2D eigenvalue weighted by Crippen LogP contribution is 2.21. The van der Waals surface area contributed by atoms with Gasteiger partial charge in [-0.15, -0.1) is 0 Å². The van der Waals surface area contributed by atoms with Gasteiger partial charge in [-0.05, 0) is 23.8 Å². The van der Waals surface area contributed by atoms with Gasteiger partial charge in [0.05, 0.1) is 12.7 Å². The van der Waals surface area contributed by atoms with Crippen molar-refractivity contribution in [2.45, 2.75) is 6.10 Å². The van der Waals surface area contributed by atoms with Gasteiger partial charge in [0.1, 0.15) is 5.82 Å². The molecule has 0 amide bonds. The number of ether oxygens (including phenoxy) is 1. The Labute approximate surface area is 130 Å². The number of benzene rings is 1. The summed E-state index contributed by atoms with van der Waals surface area (Å²) >= 11 is 0. The zero-order chi connectivity index (χ0) is 15.2. The predicted molar refractivity (Wildman–Crippen MR) is 84.8 cm³/mol. The minimum Gasteiger partial charge on any atom is -0.371 e. The molecule has 114 valence electrons. The van der Waals surface area contributed by atoms with Crippen LogP contribution in [0.15, 0.2) is 54.9 Å². The van der Waals surface area contributed by atoms with E-state index in [1.807, 2.05) is 18.3 Å². The molecule has 1 aromatic heterocycles. The van der Waals surface area contributed by atoms with E-state index in [-0.39, 0.29) is 11.9 Å². The topological polar surface area (TPSA) is 25.4 Å². The lowest BCUT2D eigenvalue weighted by atomic mass is 10.1. The quantitative estimate of drug-likeness (QED) is 0.866. The third kappa shape index (κ3) is 4.00. The third-order valence-electron chi connectivity index (χ3n) is 3.75. The molecule has 0 N–H and O–H groups in total. The average molecular weight is 298 g/mol. The van der Waals surface area contributed by atoms with Crippen LogP contribution in [0.2, 0.25) is 0 Å². The predicted octanol–water partition coefficient (Wildman–Crippen LogP) is 3.31. The summed E-state index contributed by atoms with van der Waals surface area (Å²) in [5.41, 5.74) is 2.13. The van der Waals surface area contributed by atoms with Crippen LogP contribution >= 0.6 is 0 Å². The van der Waals surface area contributed by atoms with Crippen molar-refractivity contribution < 1.29 is 9.13 Å². The summed E-state index contributed by atoms with van der Waals surface area (Å²) in [6.07, 6.45) is 7.85. The first kappa shape index (κ1) is 14.9. The Morgan fingerprint density at radius 1 is 1.27 bits per heavy atom. The van der Waals surface area contributed by atoms with Crippen LogP contribution in [0.5, 0.6) is 0 Å². The Kier molecular flexibility index (Phi) is 4.93. The van der Waals surface area contributed by atoms with E-state index < -0.39 is 0 Å². The second-order valence-electron chi connectivity index (χ2n) is 5.36. The first-order valence-corrected chi connectivity index (χ1v) is 7.47. The molecule has 1 aliphatic rings. The van der Waals surface area contributed by atoms with Crippen molar-refractivity contribution in [3.05, 3.63) is 71.8 Å². The highest BCUT2D eigenvalue weighted by molar-refractivity contribution is 5.48. The van der Waals surface area contributed by atoms with Gasteiger partial charge >= 0.3 is 0 Å². The molecule has 3 nitrogen and oxygen atoms in total. The molecule has 1 fully saturated rings. The van der Waals surface area contributed by atoms with E-state index in [2.05, 4.69) is 22.0 Å². The molecule has 0 radical (unpaired) electrons. The monoisotopic (exact) mass is 298 g/mol. The Hall–Kier alpha value is -2.04. The fourth-order valence-electron chi connectivity index (χ4n) is 2.55. The molecule has 4 heteroatoms. The molecule has 2 heterocycles. The molecule has 3 rings (SSSR count). The Morgan fingerprint density at radius 3 is 2.91 bits per heavy atom. The molecule has 0 unspecified atom stereocenters. The smallest absolute Gasteiger partial charge is 0.123 e. The zero-order valence-corrected chi connectivity index (χ0v) is 12.4. The number of aromatic nitrogens is 1. The molecule has 1 aliphatic heterocycles. The number of morpholine rings is 1. The van der Waals surface area contributed by atoms with E-state index in [4.69, 9.17) is 4.74 Å². The molecule has 1 aromatic carbocycles. The first-order valence-electron chi connectivity index (χ1n) is 7.47. The molecule has 1 atom stereocenters. The third-order valence-corrected chi connectivity index (χ3v) is 3.75. The molecule has 22 heavy (non-hydrogen) atoms. The van der Waals surface area contributed by atoms with Gasteiger partial charge in [0.2, 0.25) is 0 Å². The second kappa shape index (κ2) is 7.29. The van der Waals surface area contributed by atoms with Crippen LogP contribution in [0.25, 0.3) is 6.08 Å². The van der Waals surface area contributed by atoms with E-state index in [9.17, 15) is 4.39 Å². The number of hydrogen-bond donors (Lipinski definition) is 0. The maximum absolute atomic E-state index is 12.9. The molecule has 0 aliphatic carbocycles. The summed E-state index contributed by atoms with van der Waals surface area (Å²) in [4.78, 5) is 6.50. The van der Waals surface area contributed by atoms with Crippen LogP contribution in [0.1, 0.15) is 17.2 Å². The van der Waals surface area contributed by atoms with Crippen molar-refractivity contribution in [3.63, 3.8) is 0 Å². The van der Waals surface area contributed by atoms with Crippen molar-refractivity contribution in [2.24, 2.45) is 0 Å². The largest absolute Gasteiger partial charge is 0.371 e. The number of hydrogen-bond acceptors (Lipinski definition) is 3. The summed E-state index contributed by atoms with van der Waals surface area (Å²) in [6, 6.07) is 10.5. The summed E-state index contributed by atoms with van der Waals surface area (Å²) in [5.74, 6) is -0.204. The van der Waals surface area contributed by atoms with Crippen LogP contribution in [0.3, 0.4) is 0 Å². The molecular formula is C18H19FN2O. The van der Waals surface area contributed by atoms with E-state index in [0.29, 0.717) is 0 Å². The van der Waals surface area contributed by atoms with Gasteiger partial charge in [-0.1, -0.05) is 30.4 Å². The normalized spacial score (nSPS) is 19.6. The van der Waals surface area contributed by atoms with E-state index in [1.54, 1.807) is 18.3 Å². The first-order chi connectivity index (χ1) is 10.8. The number of nitrogens with zero attached hydrogens (tertiary/aromatic N) is 2. The lowest BCUT2D eigenvalue weighted by Gasteiger charge is -2.32. The van der Waals surface area contributed by atoms with Gasteiger partial charge in [-0.25, -0.2) is 4.39 Å². The summed E-state index contributed by atoms with van der Waals surface area (Å²) < 4.78 is 18.7. The van der Waals surface area contributed by atoms with Gasteiger partial charge in [-0.3, -0.25) is 9.88 Å². The van der Waals surface area contributed by atoms with Gasteiger partial charge < -0.3 is 4.74 Å². The van der Waals surface area contributed by atoms with Crippen molar-refractivity contribution in [3.8, 4) is 0 Å². The highest BCUT2D eigenvalue weighted by atomic mass is 19.1. The molecule has 0 saturated carbocycles. The maximum atomic E-state index is 12.9. The van der Waals surface area contributed by atoms with Crippen molar-refractivity contribution in [2.75, 3.05) is 26.2 Å². The minimum atomic E-state index is -0.204. The Morgan fingerprint density at radius 2 is 2.14 bits per heavy atom. The SMILES string of the molecule is Fc1ccc(/C=C/CN2CCO[C@@H](c3cccnc3)C2)cc1. The van der Waals surface area contributed by atoms with E-state index >= 15 is 0 Å². The highest BCUT2D eigenvalue weighted by Gasteiger charge is 2.21. The van der Waals surface area contributed by atoms with Crippen LogP contribution in [-0.4, -0.2) is 36.1 Å². The summed E-state index contributed by atoms with van der Waals surface area (Å²) in [5, 5.41) is 0. The lowest BCUT2D eigenvalue weighted by Crippen LogP contribution is -2.38. The fraction of sp³-hybridized carbons (Fsp3) is 0.278. The standard InChI is InChI=1S/C18H19FN2O/c19-17-7-5-15(6-8-17)3-2-10-21-11-12-22-18(14-21)16-4-1-9-20-13-16/h1-9,13,18H,10-12,14H2/b3-2+/t18-/m1/s1. The van der Waals surface area contributed by atoms with Crippen molar-refractivity contribution in [1.29, 1.82) is 0 Å². The number of pyridine rings is 1. The second-order valence-corrected chi connectivity index (χ2v) is 5.36. The Balaban J connectivity index is 1.55. The van der Waals surface area contributed by atoms with Crippen molar-refractivity contribution >= 4 is 6.08 Å². The fourth-order valence-corrected chi connectivity index (χ4v) is 2.55. The molecule has 0 bridgehead atoms. The molecular weight excluding hydrogens is 279 g/mol. The summed E-state index contributed by atoms with van der Waals surface area (Å²) in [6.45, 7) is 3.37. The van der Waals surface area contributed by atoms with Crippen molar-refractivity contribution in [1.82, 2.24) is 9.88 Å². The Bertz CT molecular complexity index is 613.